The molecule has 2 aromatic rings. The van der Waals surface area contributed by atoms with Gasteiger partial charge in [0.25, 0.3) is 0 Å². The van der Waals surface area contributed by atoms with E-state index in [0.717, 1.165) is 12.3 Å². The Bertz CT molecular complexity index is 664. The molecule has 1 fully saturated rings. The van der Waals surface area contributed by atoms with Crippen LogP contribution < -0.4 is 4.90 Å². The molecule has 3 heterocycles. The maximum Gasteiger partial charge on any atom is 0.417 e. The summed E-state index contributed by atoms with van der Waals surface area (Å²) in [5, 5.41) is 3.98. The number of morpholine rings is 1. The first-order chi connectivity index (χ1) is 10.9. The normalized spacial score (nSPS) is 19.1. The molecule has 0 aliphatic carbocycles. The Morgan fingerprint density at radius 2 is 2.22 bits per heavy atom. The Morgan fingerprint density at radius 1 is 1.39 bits per heavy atom. The summed E-state index contributed by atoms with van der Waals surface area (Å²) in [4.78, 5) is 9.55. The fourth-order valence-corrected chi connectivity index (χ4v) is 2.66. The lowest BCUT2D eigenvalue weighted by Gasteiger charge is -2.34. The molecule has 10 heteroatoms. The summed E-state index contributed by atoms with van der Waals surface area (Å²) in [5.74, 6) is 0.326. The van der Waals surface area contributed by atoms with E-state index < -0.39 is 11.7 Å². The van der Waals surface area contributed by atoms with Crippen molar-refractivity contribution in [1.82, 2.24) is 19.7 Å². The third-order valence-electron chi connectivity index (χ3n) is 3.44. The molecule has 1 saturated heterocycles. The van der Waals surface area contributed by atoms with Gasteiger partial charge in [-0.3, -0.25) is 4.68 Å². The van der Waals surface area contributed by atoms with Gasteiger partial charge in [-0.2, -0.15) is 18.3 Å². The Hall–Kier alpha value is -1.87. The highest BCUT2D eigenvalue weighted by molar-refractivity contribution is 6.33. The van der Waals surface area contributed by atoms with E-state index in [1.807, 2.05) is 4.90 Å². The number of pyridine rings is 1. The van der Waals surface area contributed by atoms with E-state index in [1.54, 1.807) is 11.0 Å². The summed E-state index contributed by atoms with van der Waals surface area (Å²) in [6.07, 6.45) is -0.843. The van der Waals surface area contributed by atoms with Gasteiger partial charge in [0.05, 0.1) is 29.8 Å². The minimum Gasteiger partial charge on any atom is -0.373 e. The molecule has 23 heavy (non-hydrogen) atoms. The predicted molar refractivity (Wildman–Crippen MR) is 76.2 cm³/mol. The van der Waals surface area contributed by atoms with Crippen molar-refractivity contribution in [2.24, 2.45) is 0 Å². The second kappa shape index (κ2) is 6.32. The van der Waals surface area contributed by atoms with Gasteiger partial charge >= 0.3 is 6.18 Å². The zero-order chi connectivity index (χ0) is 16.4. The standard InChI is InChI=1S/C13H13ClF3N5O/c14-11-3-9(13(15,16)17)4-19-12(11)21-1-2-23-10(5-21)6-22-8-18-7-20-22/h3-4,7-8,10H,1-2,5-6H2/t10-/m0/s1. The average molecular weight is 348 g/mol. The first-order valence-corrected chi connectivity index (χ1v) is 7.23. The molecule has 2 aromatic heterocycles. The van der Waals surface area contributed by atoms with Crippen LogP contribution in [0.5, 0.6) is 0 Å². The van der Waals surface area contributed by atoms with Crippen LogP contribution in [0.2, 0.25) is 5.02 Å². The fraction of sp³-hybridized carbons (Fsp3) is 0.462. The lowest BCUT2D eigenvalue weighted by atomic mass is 10.2. The van der Waals surface area contributed by atoms with E-state index in [2.05, 4.69) is 15.1 Å². The number of anilines is 1. The monoisotopic (exact) mass is 347 g/mol. The number of alkyl halides is 3. The van der Waals surface area contributed by atoms with Crippen LogP contribution in [0.4, 0.5) is 19.0 Å². The SMILES string of the molecule is FC(F)(F)c1cnc(N2CCO[C@H](Cn3cncn3)C2)c(Cl)c1. The number of hydrogen-bond donors (Lipinski definition) is 0. The maximum atomic E-state index is 12.7. The molecule has 0 aromatic carbocycles. The molecule has 0 spiro atoms. The van der Waals surface area contributed by atoms with Gasteiger partial charge in [0.1, 0.15) is 18.5 Å². The molecule has 1 aliphatic rings. The van der Waals surface area contributed by atoms with E-state index in [9.17, 15) is 13.2 Å². The summed E-state index contributed by atoms with van der Waals surface area (Å²) in [6.45, 7) is 1.89. The average Bonchev–Trinajstić information content (AvgIpc) is 2.99. The highest BCUT2D eigenvalue weighted by Gasteiger charge is 2.32. The largest absolute Gasteiger partial charge is 0.417 e. The van der Waals surface area contributed by atoms with E-state index in [4.69, 9.17) is 16.3 Å². The van der Waals surface area contributed by atoms with Crippen molar-refractivity contribution in [3.05, 3.63) is 35.5 Å². The lowest BCUT2D eigenvalue weighted by molar-refractivity contribution is -0.137. The van der Waals surface area contributed by atoms with E-state index in [1.165, 1.54) is 6.33 Å². The Kier molecular flexibility index (Phi) is 4.40. The predicted octanol–water partition coefficient (Wildman–Crippen LogP) is 2.25. The van der Waals surface area contributed by atoms with Crippen molar-refractivity contribution < 1.29 is 17.9 Å². The van der Waals surface area contributed by atoms with Gasteiger partial charge in [0.15, 0.2) is 0 Å². The number of hydrogen-bond acceptors (Lipinski definition) is 5. The Balaban J connectivity index is 1.73. The minimum absolute atomic E-state index is 0.0266. The molecule has 0 N–H and O–H groups in total. The first-order valence-electron chi connectivity index (χ1n) is 6.85. The van der Waals surface area contributed by atoms with Gasteiger partial charge in [-0.15, -0.1) is 0 Å². The number of nitrogens with zero attached hydrogens (tertiary/aromatic N) is 5. The number of ether oxygens (including phenoxy) is 1. The maximum absolute atomic E-state index is 12.7. The minimum atomic E-state index is -4.46. The molecule has 1 atom stereocenters. The highest BCUT2D eigenvalue weighted by atomic mass is 35.5. The molecule has 1 aliphatic heterocycles. The van der Waals surface area contributed by atoms with Crippen LogP contribution in [0, 0.1) is 0 Å². The van der Waals surface area contributed by atoms with Gasteiger partial charge < -0.3 is 9.64 Å². The third-order valence-corrected chi connectivity index (χ3v) is 3.72. The van der Waals surface area contributed by atoms with Crippen molar-refractivity contribution in [2.75, 3.05) is 24.6 Å². The van der Waals surface area contributed by atoms with Crippen LogP contribution >= 0.6 is 11.6 Å². The molecule has 124 valence electrons. The summed E-state index contributed by atoms with van der Waals surface area (Å²) < 4.78 is 45.3. The zero-order valence-corrected chi connectivity index (χ0v) is 12.6. The number of rotatable bonds is 3. The van der Waals surface area contributed by atoms with Gasteiger partial charge in [-0.25, -0.2) is 9.97 Å². The molecular weight excluding hydrogens is 335 g/mol. The summed E-state index contributed by atoms with van der Waals surface area (Å²) in [7, 11) is 0. The second-order valence-corrected chi connectivity index (χ2v) is 5.49. The van der Waals surface area contributed by atoms with Crippen LogP contribution in [0.15, 0.2) is 24.9 Å². The third kappa shape index (κ3) is 3.73. The molecule has 0 unspecified atom stereocenters. The second-order valence-electron chi connectivity index (χ2n) is 5.08. The van der Waals surface area contributed by atoms with Crippen LogP contribution in [0.3, 0.4) is 0 Å². The lowest BCUT2D eigenvalue weighted by Crippen LogP contribution is -2.44. The van der Waals surface area contributed by atoms with Crippen LogP contribution in [-0.4, -0.2) is 45.5 Å². The first kappa shape index (κ1) is 16.0. The van der Waals surface area contributed by atoms with E-state index >= 15 is 0 Å². The molecule has 0 bridgehead atoms. The molecule has 0 saturated carbocycles. The van der Waals surface area contributed by atoms with Gasteiger partial charge in [-0.1, -0.05) is 11.6 Å². The van der Waals surface area contributed by atoms with Crippen LogP contribution in [-0.2, 0) is 17.5 Å². The fourth-order valence-electron chi connectivity index (χ4n) is 2.38. The van der Waals surface area contributed by atoms with Crippen molar-refractivity contribution in [3.8, 4) is 0 Å². The Morgan fingerprint density at radius 3 is 2.87 bits per heavy atom. The van der Waals surface area contributed by atoms with Crippen LogP contribution in [0.25, 0.3) is 0 Å². The van der Waals surface area contributed by atoms with E-state index in [0.29, 0.717) is 32.1 Å². The van der Waals surface area contributed by atoms with Crippen molar-refractivity contribution in [1.29, 1.82) is 0 Å². The zero-order valence-electron chi connectivity index (χ0n) is 11.9. The molecule has 0 amide bonds. The summed E-state index contributed by atoms with van der Waals surface area (Å²) in [6, 6.07) is 0.895. The van der Waals surface area contributed by atoms with E-state index in [-0.39, 0.29) is 11.1 Å². The topological polar surface area (TPSA) is 56.1 Å². The summed E-state index contributed by atoms with van der Waals surface area (Å²) >= 11 is 5.99. The number of halogens is 4. The molecule has 6 nitrogen and oxygen atoms in total. The summed E-state index contributed by atoms with van der Waals surface area (Å²) in [5.41, 5.74) is -0.862. The quantitative estimate of drug-likeness (QED) is 0.852. The molecule has 3 rings (SSSR count). The van der Waals surface area contributed by atoms with Crippen molar-refractivity contribution >= 4 is 17.4 Å². The molecule has 0 radical (unpaired) electrons. The molecular formula is C13H13ClF3N5O. The smallest absolute Gasteiger partial charge is 0.373 e. The van der Waals surface area contributed by atoms with Crippen LogP contribution in [0.1, 0.15) is 5.56 Å². The van der Waals surface area contributed by atoms with Gasteiger partial charge in [-0.05, 0) is 6.07 Å². The Labute approximate surface area is 134 Å². The van der Waals surface area contributed by atoms with Crippen molar-refractivity contribution in [2.45, 2.75) is 18.8 Å². The van der Waals surface area contributed by atoms with Crippen molar-refractivity contribution in [3.63, 3.8) is 0 Å². The van der Waals surface area contributed by atoms with Gasteiger partial charge in [0, 0.05) is 19.3 Å². The van der Waals surface area contributed by atoms with Gasteiger partial charge in [0.2, 0.25) is 0 Å². The number of aromatic nitrogens is 4. The highest BCUT2D eigenvalue weighted by Crippen LogP contribution is 2.33.